The van der Waals surface area contributed by atoms with Crippen LogP contribution < -0.4 is 9.47 Å². The molecule has 0 aliphatic carbocycles. The van der Waals surface area contributed by atoms with Crippen LogP contribution in [0.5, 0.6) is 11.5 Å². The minimum absolute atomic E-state index is 0.190. The zero-order valence-electron chi connectivity index (χ0n) is 21.0. The third kappa shape index (κ3) is 7.06. The molecule has 0 aliphatic rings. The molecule has 0 radical (unpaired) electrons. The van der Waals surface area contributed by atoms with E-state index in [9.17, 15) is 18.0 Å². The molecular weight excluding hydrogens is 497 g/mol. The molecule has 6 nitrogen and oxygen atoms in total. The molecule has 4 rings (SSSR count). The number of rotatable bonds is 12. The molecule has 9 heteroatoms. The van der Waals surface area contributed by atoms with Crippen molar-refractivity contribution in [1.82, 2.24) is 9.55 Å². The number of hydrogen-bond acceptors (Lipinski definition) is 5. The second-order valence-corrected chi connectivity index (χ2v) is 8.63. The molecule has 0 saturated carbocycles. The molecule has 4 aromatic rings. The van der Waals surface area contributed by atoms with Crippen LogP contribution in [0, 0.1) is 0 Å². The first-order chi connectivity index (χ1) is 18.4. The third-order valence-corrected chi connectivity index (χ3v) is 5.90. The van der Waals surface area contributed by atoms with Crippen molar-refractivity contribution in [2.75, 3.05) is 13.2 Å². The van der Waals surface area contributed by atoms with Gasteiger partial charge in [0, 0.05) is 12.0 Å². The molecule has 0 atom stereocenters. The van der Waals surface area contributed by atoms with Gasteiger partial charge in [-0.1, -0.05) is 42.5 Å². The summed E-state index contributed by atoms with van der Waals surface area (Å²) >= 11 is 0. The minimum atomic E-state index is -4.83. The van der Waals surface area contributed by atoms with Crippen LogP contribution in [0.1, 0.15) is 38.2 Å². The number of fused-ring (bicyclic) bond motifs is 1. The maximum Gasteiger partial charge on any atom is 0.573 e. The van der Waals surface area contributed by atoms with Crippen molar-refractivity contribution in [2.45, 2.75) is 45.5 Å². The van der Waals surface area contributed by atoms with Crippen LogP contribution in [0.2, 0.25) is 0 Å². The van der Waals surface area contributed by atoms with Crippen LogP contribution in [0.4, 0.5) is 13.2 Å². The number of halogens is 3. The lowest BCUT2D eigenvalue weighted by molar-refractivity contribution is -0.274. The fraction of sp³-hybridized carbons (Fsp3) is 0.310. The van der Waals surface area contributed by atoms with Gasteiger partial charge in [-0.15, -0.1) is 13.2 Å². The Balaban J connectivity index is 1.56. The molecule has 200 valence electrons. The van der Waals surface area contributed by atoms with Crippen molar-refractivity contribution in [1.29, 1.82) is 0 Å². The summed E-state index contributed by atoms with van der Waals surface area (Å²) in [7, 11) is 0. The second kappa shape index (κ2) is 12.5. The van der Waals surface area contributed by atoms with E-state index >= 15 is 0 Å². The summed E-state index contributed by atoms with van der Waals surface area (Å²) < 4.78 is 56.6. The number of carbonyl (C=O) groups excluding carboxylic acids is 1. The Labute approximate surface area is 219 Å². The minimum Gasteiger partial charge on any atom is -0.493 e. The molecule has 38 heavy (non-hydrogen) atoms. The smallest absolute Gasteiger partial charge is 0.493 e. The van der Waals surface area contributed by atoms with Gasteiger partial charge in [0.25, 0.3) is 0 Å². The van der Waals surface area contributed by atoms with Gasteiger partial charge in [-0.2, -0.15) is 0 Å². The summed E-state index contributed by atoms with van der Waals surface area (Å²) in [4.78, 5) is 16.1. The molecule has 0 fully saturated rings. The lowest BCUT2D eigenvalue weighted by atomic mass is 10.1. The summed E-state index contributed by atoms with van der Waals surface area (Å²) in [6.45, 7) is 2.97. The zero-order chi connectivity index (χ0) is 27.0. The summed E-state index contributed by atoms with van der Waals surface area (Å²) in [5, 5.41) is 0. The van der Waals surface area contributed by atoms with E-state index in [-0.39, 0.29) is 17.3 Å². The fourth-order valence-electron chi connectivity index (χ4n) is 4.22. The number of esters is 1. The van der Waals surface area contributed by atoms with Gasteiger partial charge in [0.05, 0.1) is 36.4 Å². The highest BCUT2D eigenvalue weighted by Gasteiger charge is 2.33. The number of ether oxygens (including phenoxy) is 3. The first kappa shape index (κ1) is 27.0. The van der Waals surface area contributed by atoms with E-state index in [1.54, 1.807) is 19.1 Å². The standard InChI is InChI=1S/C29H29F3N2O4/c1-2-36-27(35)18-4-3-11-19-37-25-16-9-5-12-21(25)20-34-24-15-8-7-14-23(24)33-28(34)22-13-6-10-17-26(22)38-29(30,31)32/h5-10,12-17H,2-4,11,18-20H2,1H3. The Morgan fingerprint density at radius 2 is 1.61 bits per heavy atom. The fourth-order valence-corrected chi connectivity index (χ4v) is 4.22. The Kier molecular flexibility index (Phi) is 8.89. The summed E-state index contributed by atoms with van der Waals surface area (Å²) in [6.07, 6.45) is -2.11. The van der Waals surface area contributed by atoms with Crippen molar-refractivity contribution < 1.29 is 32.2 Å². The zero-order valence-corrected chi connectivity index (χ0v) is 21.0. The lowest BCUT2D eigenvalue weighted by Gasteiger charge is -2.16. The third-order valence-electron chi connectivity index (χ3n) is 5.90. The normalized spacial score (nSPS) is 11.5. The average molecular weight is 527 g/mol. The molecule has 1 aromatic heterocycles. The average Bonchev–Trinajstić information content (AvgIpc) is 3.24. The number of benzene rings is 3. The molecular formula is C29H29F3N2O4. The van der Waals surface area contributed by atoms with Crippen molar-refractivity contribution in [2.24, 2.45) is 0 Å². The topological polar surface area (TPSA) is 62.6 Å². The molecule has 0 N–H and O–H groups in total. The summed E-state index contributed by atoms with van der Waals surface area (Å²) in [6, 6.07) is 21.0. The maximum atomic E-state index is 13.1. The number of alkyl halides is 3. The molecule has 0 spiro atoms. The molecule has 1 heterocycles. The molecule has 0 aliphatic heterocycles. The monoisotopic (exact) mass is 526 g/mol. The lowest BCUT2D eigenvalue weighted by Crippen LogP contribution is -2.18. The number of carbonyl (C=O) groups is 1. The van der Waals surface area contributed by atoms with Gasteiger partial charge in [0.15, 0.2) is 0 Å². The molecule has 0 bridgehead atoms. The van der Waals surface area contributed by atoms with Crippen LogP contribution in [0.3, 0.4) is 0 Å². The maximum absolute atomic E-state index is 13.1. The Bertz CT molecular complexity index is 1370. The van der Waals surface area contributed by atoms with Gasteiger partial charge in [0.2, 0.25) is 0 Å². The van der Waals surface area contributed by atoms with E-state index < -0.39 is 6.36 Å². The quantitative estimate of drug-likeness (QED) is 0.145. The van der Waals surface area contributed by atoms with Gasteiger partial charge in [0.1, 0.15) is 17.3 Å². The van der Waals surface area contributed by atoms with Crippen molar-refractivity contribution in [3.8, 4) is 22.9 Å². The van der Waals surface area contributed by atoms with Crippen molar-refractivity contribution >= 4 is 17.0 Å². The highest BCUT2D eigenvalue weighted by molar-refractivity contribution is 5.82. The second-order valence-electron chi connectivity index (χ2n) is 8.63. The van der Waals surface area contributed by atoms with E-state index in [0.717, 1.165) is 30.3 Å². The van der Waals surface area contributed by atoms with E-state index in [1.807, 2.05) is 53.1 Å². The molecule has 0 unspecified atom stereocenters. The SMILES string of the molecule is CCOC(=O)CCCCCOc1ccccc1Cn1c(-c2ccccc2OC(F)(F)F)nc2ccccc21. The van der Waals surface area contributed by atoms with Crippen LogP contribution in [0.25, 0.3) is 22.4 Å². The number of imidazole rings is 1. The van der Waals surface area contributed by atoms with Crippen molar-refractivity contribution in [3.05, 3.63) is 78.4 Å². The molecule has 0 amide bonds. The van der Waals surface area contributed by atoms with Gasteiger partial charge < -0.3 is 18.8 Å². The Hall–Kier alpha value is -4.01. The molecule has 3 aromatic carbocycles. The predicted molar refractivity (Wildman–Crippen MR) is 138 cm³/mol. The first-order valence-electron chi connectivity index (χ1n) is 12.5. The number of unbranched alkanes of at least 4 members (excludes halogenated alkanes) is 2. The number of hydrogen-bond donors (Lipinski definition) is 0. The van der Waals surface area contributed by atoms with Crippen LogP contribution in [0.15, 0.2) is 72.8 Å². The highest BCUT2D eigenvalue weighted by Crippen LogP contribution is 2.36. The largest absolute Gasteiger partial charge is 0.573 e. The van der Waals surface area contributed by atoms with Gasteiger partial charge in [-0.25, -0.2) is 4.98 Å². The molecule has 0 saturated heterocycles. The van der Waals surface area contributed by atoms with E-state index in [4.69, 9.17) is 9.47 Å². The van der Waals surface area contributed by atoms with E-state index in [0.29, 0.717) is 43.3 Å². The summed E-state index contributed by atoms with van der Waals surface area (Å²) in [5.74, 6) is 0.537. The van der Waals surface area contributed by atoms with Gasteiger partial charge in [-0.3, -0.25) is 4.79 Å². The summed E-state index contributed by atoms with van der Waals surface area (Å²) in [5.41, 5.74) is 2.53. The van der Waals surface area contributed by atoms with E-state index in [2.05, 4.69) is 9.72 Å². The van der Waals surface area contributed by atoms with E-state index in [1.165, 1.54) is 12.1 Å². The van der Waals surface area contributed by atoms with Crippen LogP contribution in [-0.4, -0.2) is 35.1 Å². The van der Waals surface area contributed by atoms with Gasteiger partial charge in [-0.05, 0) is 56.5 Å². The number of para-hydroxylation sites is 4. The van der Waals surface area contributed by atoms with Crippen LogP contribution >= 0.6 is 0 Å². The highest BCUT2D eigenvalue weighted by atomic mass is 19.4. The number of aromatic nitrogens is 2. The Morgan fingerprint density at radius 1 is 0.895 bits per heavy atom. The van der Waals surface area contributed by atoms with Crippen molar-refractivity contribution in [3.63, 3.8) is 0 Å². The number of nitrogens with zero attached hydrogens (tertiary/aromatic N) is 2. The van der Waals surface area contributed by atoms with Gasteiger partial charge >= 0.3 is 12.3 Å². The predicted octanol–water partition coefficient (Wildman–Crippen LogP) is 7.15. The Morgan fingerprint density at radius 3 is 2.39 bits per heavy atom. The first-order valence-corrected chi connectivity index (χ1v) is 12.5. The van der Waals surface area contributed by atoms with Crippen LogP contribution in [-0.2, 0) is 16.1 Å².